The number of carbonyl (C=O) groups excluding carboxylic acids is 1. The SMILES string of the molecule is CCOc1cc2ncc(C#N)c(Nc3ccc(Oc4ccccc4)cc3Cl)c2cc1NC(=O)/C=C/CN(C)C. The highest BCUT2D eigenvalue weighted by Gasteiger charge is 2.16. The maximum absolute atomic E-state index is 12.6. The minimum Gasteiger partial charge on any atom is -0.492 e. The average molecular weight is 542 g/mol. The zero-order valence-corrected chi connectivity index (χ0v) is 22.6. The second-order valence-corrected chi connectivity index (χ2v) is 9.20. The Morgan fingerprint density at radius 1 is 1.10 bits per heavy atom. The minimum atomic E-state index is -0.298. The predicted octanol–water partition coefficient (Wildman–Crippen LogP) is 6.75. The molecule has 4 rings (SSSR count). The Morgan fingerprint density at radius 2 is 1.90 bits per heavy atom. The van der Waals surface area contributed by atoms with Crippen molar-refractivity contribution in [1.82, 2.24) is 9.88 Å². The van der Waals surface area contributed by atoms with Crippen molar-refractivity contribution in [2.75, 3.05) is 37.9 Å². The maximum Gasteiger partial charge on any atom is 0.248 e. The molecule has 0 spiro atoms. The molecule has 1 heterocycles. The van der Waals surface area contributed by atoms with Gasteiger partial charge in [0.2, 0.25) is 5.91 Å². The van der Waals surface area contributed by atoms with E-state index in [9.17, 15) is 10.1 Å². The number of benzene rings is 3. The molecule has 4 aromatic rings. The molecule has 0 aliphatic rings. The van der Waals surface area contributed by atoms with Gasteiger partial charge in [-0.25, -0.2) is 0 Å². The van der Waals surface area contributed by atoms with Gasteiger partial charge in [-0.05, 0) is 51.4 Å². The first-order valence-corrected chi connectivity index (χ1v) is 12.7. The van der Waals surface area contributed by atoms with E-state index in [0.29, 0.717) is 69.0 Å². The summed E-state index contributed by atoms with van der Waals surface area (Å²) in [6.07, 6.45) is 4.73. The van der Waals surface area contributed by atoms with E-state index in [2.05, 4.69) is 21.7 Å². The lowest BCUT2D eigenvalue weighted by Crippen LogP contribution is -2.13. The van der Waals surface area contributed by atoms with E-state index in [4.69, 9.17) is 21.1 Å². The Balaban J connectivity index is 1.69. The van der Waals surface area contributed by atoms with Crippen LogP contribution in [0.1, 0.15) is 12.5 Å². The number of nitriles is 1. The van der Waals surface area contributed by atoms with Crippen LogP contribution >= 0.6 is 11.6 Å². The van der Waals surface area contributed by atoms with Crippen LogP contribution in [0.5, 0.6) is 17.2 Å². The molecule has 198 valence electrons. The third kappa shape index (κ3) is 7.05. The number of amides is 1. The smallest absolute Gasteiger partial charge is 0.248 e. The number of ether oxygens (including phenoxy) is 2. The quantitative estimate of drug-likeness (QED) is 0.214. The fraction of sp³-hybridized carbons (Fsp3) is 0.167. The number of pyridine rings is 1. The van der Waals surface area contributed by atoms with Gasteiger partial charge in [0.25, 0.3) is 0 Å². The first-order chi connectivity index (χ1) is 18.9. The molecule has 2 N–H and O–H groups in total. The molecule has 0 saturated heterocycles. The van der Waals surface area contributed by atoms with Gasteiger partial charge in [-0.2, -0.15) is 5.26 Å². The number of rotatable bonds is 10. The topological polar surface area (TPSA) is 99.5 Å². The number of nitrogens with one attached hydrogen (secondary N) is 2. The van der Waals surface area contributed by atoms with Crippen molar-refractivity contribution in [3.05, 3.63) is 89.6 Å². The highest BCUT2D eigenvalue weighted by molar-refractivity contribution is 6.33. The van der Waals surface area contributed by atoms with Crippen molar-refractivity contribution >= 4 is 45.5 Å². The van der Waals surface area contributed by atoms with Gasteiger partial charge in [0.15, 0.2) is 0 Å². The fourth-order valence-electron chi connectivity index (χ4n) is 3.78. The second kappa shape index (κ2) is 12.8. The molecule has 0 atom stereocenters. The normalized spacial score (nSPS) is 11.0. The van der Waals surface area contributed by atoms with Gasteiger partial charge in [-0.3, -0.25) is 9.78 Å². The summed E-state index contributed by atoms with van der Waals surface area (Å²) in [5.41, 5.74) is 2.44. The van der Waals surface area contributed by atoms with E-state index in [0.717, 1.165) is 0 Å². The van der Waals surface area contributed by atoms with Gasteiger partial charge in [0.1, 0.15) is 23.3 Å². The fourth-order valence-corrected chi connectivity index (χ4v) is 3.99. The number of likely N-dealkylation sites (N-methyl/N-ethyl adjacent to an activating group) is 1. The first kappa shape index (κ1) is 27.5. The molecular weight excluding hydrogens is 514 g/mol. The van der Waals surface area contributed by atoms with Crippen LogP contribution in [-0.4, -0.2) is 43.0 Å². The van der Waals surface area contributed by atoms with Crippen LogP contribution in [0.4, 0.5) is 17.1 Å². The third-order valence-corrected chi connectivity index (χ3v) is 5.88. The summed E-state index contributed by atoms with van der Waals surface area (Å²) in [5.74, 6) is 1.44. The largest absolute Gasteiger partial charge is 0.492 e. The molecule has 0 saturated carbocycles. The number of nitrogens with zero attached hydrogens (tertiary/aromatic N) is 3. The molecule has 1 aromatic heterocycles. The van der Waals surface area contributed by atoms with Crippen LogP contribution in [0.2, 0.25) is 5.02 Å². The zero-order valence-electron chi connectivity index (χ0n) is 21.9. The molecule has 0 aliphatic carbocycles. The molecule has 0 fully saturated rings. The van der Waals surface area contributed by atoms with Crippen LogP contribution in [0, 0.1) is 11.3 Å². The van der Waals surface area contributed by atoms with E-state index in [1.165, 1.54) is 12.3 Å². The third-order valence-electron chi connectivity index (χ3n) is 5.57. The Hall–Kier alpha value is -4.58. The van der Waals surface area contributed by atoms with E-state index < -0.39 is 0 Å². The summed E-state index contributed by atoms with van der Waals surface area (Å²) in [6, 6.07) is 20.3. The molecule has 39 heavy (non-hydrogen) atoms. The van der Waals surface area contributed by atoms with Crippen LogP contribution in [0.25, 0.3) is 10.9 Å². The summed E-state index contributed by atoms with van der Waals surface area (Å²) >= 11 is 6.60. The maximum atomic E-state index is 12.6. The summed E-state index contributed by atoms with van der Waals surface area (Å²) in [4.78, 5) is 19.0. The first-order valence-electron chi connectivity index (χ1n) is 12.3. The Bertz CT molecular complexity index is 1550. The van der Waals surface area contributed by atoms with Crippen LogP contribution < -0.4 is 20.1 Å². The molecule has 3 aromatic carbocycles. The number of hydrogen-bond donors (Lipinski definition) is 2. The lowest BCUT2D eigenvalue weighted by molar-refractivity contribution is -0.111. The minimum absolute atomic E-state index is 0.298. The van der Waals surface area contributed by atoms with Crippen molar-refractivity contribution in [1.29, 1.82) is 5.26 Å². The monoisotopic (exact) mass is 541 g/mol. The van der Waals surface area contributed by atoms with Crippen molar-refractivity contribution in [3.8, 4) is 23.3 Å². The molecule has 0 radical (unpaired) electrons. The number of hydrogen-bond acceptors (Lipinski definition) is 7. The lowest BCUT2D eigenvalue weighted by Gasteiger charge is -2.17. The number of halogens is 1. The Labute approximate surface area is 232 Å². The van der Waals surface area contributed by atoms with Crippen LogP contribution in [0.3, 0.4) is 0 Å². The van der Waals surface area contributed by atoms with E-state index in [1.54, 1.807) is 36.4 Å². The highest BCUT2D eigenvalue weighted by atomic mass is 35.5. The summed E-state index contributed by atoms with van der Waals surface area (Å²) in [7, 11) is 3.84. The number of carbonyl (C=O) groups is 1. The lowest BCUT2D eigenvalue weighted by atomic mass is 10.1. The van der Waals surface area contributed by atoms with Crippen molar-refractivity contribution in [2.24, 2.45) is 0 Å². The Kier molecular flexibility index (Phi) is 9.00. The van der Waals surface area contributed by atoms with Crippen LogP contribution in [-0.2, 0) is 4.79 Å². The molecule has 1 amide bonds. The molecule has 8 nitrogen and oxygen atoms in total. The molecule has 9 heteroatoms. The van der Waals surface area contributed by atoms with Crippen molar-refractivity contribution in [2.45, 2.75) is 6.92 Å². The molecule has 0 bridgehead atoms. The molecular formula is C30H28ClN5O3. The van der Waals surface area contributed by atoms with Gasteiger partial charge in [0, 0.05) is 36.3 Å². The zero-order chi connectivity index (χ0) is 27.8. The summed E-state index contributed by atoms with van der Waals surface area (Å²) in [6.45, 7) is 2.89. The van der Waals surface area contributed by atoms with Crippen LogP contribution in [0.15, 0.2) is 79.0 Å². The van der Waals surface area contributed by atoms with Gasteiger partial charge in [-0.15, -0.1) is 0 Å². The van der Waals surface area contributed by atoms with E-state index >= 15 is 0 Å². The highest BCUT2D eigenvalue weighted by Crippen LogP contribution is 2.38. The standard InChI is InChI=1S/C30H28ClN5O3/c1-4-38-28-17-26-23(16-27(28)34-29(37)11-8-14-36(2)3)30(20(18-32)19-33-26)35-25-13-12-22(15-24(25)31)39-21-9-6-5-7-10-21/h5-13,15-17,19H,4,14H2,1-3H3,(H,33,35)(H,34,37)/b11-8+. The van der Waals surface area contributed by atoms with E-state index in [-0.39, 0.29) is 5.91 Å². The molecule has 0 unspecified atom stereocenters. The van der Waals surface area contributed by atoms with Gasteiger partial charge in [-0.1, -0.05) is 35.9 Å². The van der Waals surface area contributed by atoms with Crippen molar-refractivity contribution in [3.63, 3.8) is 0 Å². The average Bonchev–Trinajstić information content (AvgIpc) is 2.91. The van der Waals surface area contributed by atoms with E-state index in [1.807, 2.05) is 56.3 Å². The molecule has 0 aliphatic heterocycles. The summed E-state index contributed by atoms with van der Waals surface area (Å²) in [5, 5.41) is 17.0. The number of anilines is 3. The second-order valence-electron chi connectivity index (χ2n) is 8.79. The Morgan fingerprint density at radius 3 is 2.59 bits per heavy atom. The predicted molar refractivity (Wildman–Crippen MR) is 155 cm³/mol. The van der Waals surface area contributed by atoms with Gasteiger partial charge < -0.3 is 25.0 Å². The number of para-hydroxylation sites is 1. The van der Waals surface area contributed by atoms with Gasteiger partial charge in [0.05, 0.1) is 39.8 Å². The summed E-state index contributed by atoms with van der Waals surface area (Å²) < 4.78 is 11.6. The number of aromatic nitrogens is 1. The van der Waals surface area contributed by atoms with Gasteiger partial charge >= 0.3 is 0 Å². The number of fused-ring (bicyclic) bond motifs is 1. The van der Waals surface area contributed by atoms with Crippen molar-refractivity contribution < 1.29 is 14.3 Å².